The van der Waals surface area contributed by atoms with Crippen molar-refractivity contribution in [2.45, 2.75) is 0 Å². The summed E-state index contributed by atoms with van der Waals surface area (Å²) in [4.78, 5) is 32.2. The van der Waals surface area contributed by atoms with Crippen LogP contribution >= 0.6 is 0 Å². The molecule has 3 N–H and O–H groups in total. The molecular formula is C19H15N5O3. The van der Waals surface area contributed by atoms with Gasteiger partial charge < -0.3 is 9.72 Å². The predicted octanol–water partition coefficient (Wildman–Crippen LogP) is 2.57. The fourth-order valence-electron chi connectivity index (χ4n) is 2.78. The number of aromatic nitrogens is 4. The second-order valence-electron chi connectivity index (χ2n) is 5.74. The van der Waals surface area contributed by atoms with Crippen molar-refractivity contribution in [3.8, 4) is 17.1 Å². The second kappa shape index (κ2) is 6.75. The molecule has 0 aliphatic carbocycles. The van der Waals surface area contributed by atoms with Gasteiger partial charge in [-0.1, -0.05) is 24.3 Å². The highest BCUT2D eigenvalue weighted by atomic mass is 16.5. The van der Waals surface area contributed by atoms with Crippen LogP contribution in [-0.4, -0.2) is 33.2 Å². The molecule has 1 amide bonds. The van der Waals surface area contributed by atoms with E-state index in [2.05, 4.69) is 25.5 Å². The van der Waals surface area contributed by atoms with E-state index in [-0.39, 0.29) is 16.9 Å². The SMILES string of the molecule is COc1ccccc1-c1nc(NC(=O)c2c[nH]c3ccccc3c2=O)n[nH]1. The molecule has 4 aromatic rings. The maximum Gasteiger partial charge on any atom is 0.263 e. The quantitative estimate of drug-likeness (QED) is 0.517. The Bertz CT molecular complexity index is 1200. The van der Waals surface area contributed by atoms with Gasteiger partial charge in [0.05, 0.1) is 12.7 Å². The van der Waals surface area contributed by atoms with Gasteiger partial charge in [-0.05, 0) is 24.3 Å². The van der Waals surface area contributed by atoms with E-state index in [0.29, 0.717) is 28.0 Å². The maximum atomic E-state index is 12.5. The number of hydrogen-bond donors (Lipinski definition) is 3. The number of rotatable bonds is 4. The third-order valence-corrected chi connectivity index (χ3v) is 4.11. The van der Waals surface area contributed by atoms with Gasteiger partial charge in [0.2, 0.25) is 11.4 Å². The Labute approximate surface area is 153 Å². The molecule has 0 unspecified atom stereocenters. The summed E-state index contributed by atoms with van der Waals surface area (Å²) in [7, 11) is 1.56. The molecule has 2 aromatic heterocycles. The molecule has 2 aromatic carbocycles. The summed E-state index contributed by atoms with van der Waals surface area (Å²) < 4.78 is 5.30. The smallest absolute Gasteiger partial charge is 0.263 e. The highest BCUT2D eigenvalue weighted by Crippen LogP contribution is 2.27. The van der Waals surface area contributed by atoms with Crippen molar-refractivity contribution in [1.29, 1.82) is 0 Å². The third-order valence-electron chi connectivity index (χ3n) is 4.11. The van der Waals surface area contributed by atoms with Crippen LogP contribution < -0.4 is 15.5 Å². The summed E-state index contributed by atoms with van der Waals surface area (Å²) >= 11 is 0. The van der Waals surface area contributed by atoms with Gasteiger partial charge >= 0.3 is 0 Å². The number of H-pyrrole nitrogens is 2. The van der Waals surface area contributed by atoms with Crippen molar-refractivity contribution in [2.24, 2.45) is 0 Å². The molecule has 0 atom stereocenters. The molecule has 0 aliphatic heterocycles. The van der Waals surface area contributed by atoms with Crippen LogP contribution in [0.1, 0.15) is 10.4 Å². The van der Waals surface area contributed by atoms with Crippen LogP contribution in [-0.2, 0) is 0 Å². The number of fused-ring (bicyclic) bond motifs is 1. The first-order valence-corrected chi connectivity index (χ1v) is 8.15. The van der Waals surface area contributed by atoms with Crippen LogP contribution in [0.3, 0.4) is 0 Å². The second-order valence-corrected chi connectivity index (χ2v) is 5.74. The normalized spacial score (nSPS) is 10.7. The Morgan fingerprint density at radius 3 is 2.74 bits per heavy atom. The minimum absolute atomic E-state index is 0.0164. The van der Waals surface area contributed by atoms with Crippen LogP contribution in [0.2, 0.25) is 0 Å². The first-order chi connectivity index (χ1) is 13.2. The van der Waals surface area contributed by atoms with E-state index in [1.807, 2.05) is 24.3 Å². The molecule has 4 rings (SSSR count). The molecule has 8 nitrogen and oxygen atoms in total. The van der Waals surface area contributed by atoms with Gasteiger partial charge in [0.15, 0.2) is 5.82 Å². The Kier molecular flexibility index (Phi) is 4.13. The van der Waals surface area contributed by atoms with E-state index in [1.165, 1.54) is 6.20 Å². The lowest BCUT2D eigenvalue weighted by molar-refractivity contribution is 0.102. The number of nitrogens with zero attached hydrogens (tertiary/aromatic N) is 2. The van der Waals surface area contributed by atoms with Gasteiger partial charge in [-0.3, -0.25) is 20.0 Å². The number of carbonyl (C=O) groups excluding carboxylic acids is 1. The fraction of sp³-hybridized carbons (Fsp3) is 0.0526. The molecule has 0 saturated carbocycles. The lowest BCUT2D eigenvalue weighted by atomic mass is 10.1. The number of aromatic amines is 2. The molecule has 2 heterocycles. The average molecular weight is 361 g/mol. The van der Waals surface area contributed by atoms with Gasteiger partial charge in [-0.25, -0.2) is 0 Å². The molecule has 0 radical (unpaired) electrons. The van der Waals surface area contributed by atoms with Crippen molar-refractivity contribution < 1.29 is 9.53 Å². The number of pyridine rings is 1. The summed E-state index contributed by atoms with van der Waals surface area (Å²) in [6.07, 6.45) is 1.38. The standard InChI is InChI=1S/C19H15N5O3/c1-27-15-9-5-3-7-12(15)17-21-19(24-23-17)22-18(26)13-10-20-14-8-4-2-6-11(14)16(13)25/h2-10H,1H3,(H,20,25)(H2,21,22,23,24,26). The van der Waals surface area contributed by atoms with E-state index in [0.717, 1.165) is 0 Å². The maximum absolute atomic E-state index is 12.5. The van der Waals surface area contributed by atoms with Gasteiger partial charge in [-0.2, -0.15) is 4.98 Å². The molecular weight excluding hydrogens is 346 g/mol. The van der Waals surface area contributed by atoms with E-state index >= 15 is 0 Å². The minimum Gasteiger partial charge on any atom is -0.496 e. The molecule has 0 spiro atoms. The zero-order valence-corrected chi connectivity index (χ0v) is 14.3. The Balaban J connectivity index is 1.62. The zero-order chi connectivity index (χ0) is 18.8. The zero-order valence-electron chi connectivity index (χ0n) is 14.3. The number of anilines is 1. The number of amides is 1. The summed E-state index contributed by atoms with van der Waals surface area (Å²) in [5, 5.41) is 9.72. The number of hydrogen-bond acceptors (Lipinski definition) is 5. The van der Waals surface area contributed by atoms with E-state index in [9.17, 15) is 9.59 Å². The largest absolute Gasteiger partial charge is 0.496 e. The van der Waals surface area contributed by atoms with Gasteiger partial charge in [-0.15, -0.1) is 5.10 Å². The van der Waals surface area contributed by atoms with Crippen molar-refractivity contribution >= 4 is 22.8 Å². The van der Waals surface area contributed by atoms with Crippen LogP contribution in [0.25, 0.3) is 22.3 Å². The third kappa shape index (κ3) is 3.04. The lowest BCUT2D eigenvalue weighted by Gasteiger charge is -2.04. The number of nitrogens with one attached hydrogen (secondary N) is 3. The highest BCUT2D eigenvalue weighted by Gasteiger charge is 2.16. The van der Waals surface area contributed by atoms with Gasteiger partial charge in [0.25, 0.3) is 5.91 Å². The monoisotopic (exact) mass is 361 g/mol. The first kappa shape index (κ1) is 16.5. The van der Waals surface area contributed by atoms with Crippen molar-refractivity contribution in [1.82, 2.24) is 20.2 Å². The number of para-hydroxylation sites is 2. The van der Waals surface area contributed by atoms with Crippen molar-refractivity contribution in [2.75, 3.05) is 12.4 Å². The average Bonchev–Trinajstić information content (AvgIpc) is 3.16. The summed E-state index contributed by atoms with van der Waals surface area (Å²) in [5.74, 6) is 0.536. The molecule has 0 bridgehead atoms. The highest BCUT2D eigenvalue weighted by molar-refractivity contribution is 6.04. The Hall–Kier alpha value is -3.94. The van der Waals surface area contributed by atoms with Crippen LogP contribution in [0.15, 0.2) is 59.5 Å². The fourth-order valence-corrected chi connectivity index (χ4v) is 2.78. The molecule has 134 valence electrons. The predicted molar refractivity (Wildman–Crippen MR) is 101 cm³/mol. The Morgan fingerprint density at radius 1 is 1.11 bits per heavy atom. The van der Waals surface area contributed by atoms with Gasteiger partial charge in [0, 0.05) is 17.1 Å². The van der Waals surface area contributed by atoms with Crippen molar-refractivity contribution in [3.05, 3.63) is 70.5 Å². The summed E-state index contributed by atoms with van der Waals surface area (Å²) in [5.41, 5.74) is 0.992. The van der Waals surface area contributed by atoms with Crippen LogP contribution in [0.5, 0.6) is 5.75 Å². The van der Waals surface area contributed by atoms with E-state index < -0.39 is 5.91 Å². The number of methoxy groups -OCH3 is 1. The van der Waals surface area contributed by atoms with Crippen LogP contribution in [0, 0.1) is 0 Å². The summed E-state index contributed by atoms with van der Waals surface area (Å²) in [6, 6.07) is 14.3. The summed E-state index contributed by atoms with van der Waals surface area (Å²) in [6.45, 7) is 0. The van der Waals surface area contributed by atoms with Crippen LogP contribution in [0.4, 0.5) is 5.95 Å². The number of benzene rings is 2. The number of carbonyl (C=O) groups is 1. The number of ether oxygens (including phenoxy) is 1. The topological polar surface area (TPSA) is 113 Å². The molecule has 27 heavy (non-hydrogen) atoms. The van der Waals surface area contributed by atoms with Gasteiger partial charge in [0.1, 0.15) is 11.3 Å². The van der Waals surface area contributed by atoms with Crippen molar-refractivity contribution in [3.63, 3.8) is 0 Å². The van der Waals surface area contributed by atoms with E-state index in [4.69, 9.17) is 4.74 Å². The first-order valence-electron chi connectivity index (χ1n) is 8.15. The van der Waals surface area contributed by atoms with E-state index in [1.54, 1.807) is 31.4 Å². The molecule has 8 heteroatoms. The Morgan fingerprint density at radius 2 is 1.89 bits per heavy atom. The molecule has 0 saturated heterocycles. The molecule has 0 aliphatic rings. The minimum atomic E-state index is -0.590. The molecule has 0 fully saturated rings. The lowest BCUT2D eigenvalue weighted by Crippen LogP contribution is -2.22.